The quantitative estimate of drug-likeness (QED) is 0.275. The lowest BCUT2D eigenvalue weighted by Crippen LogP contribution is -2.38. The third kappa shape index (κ3) is 2.87. The van der Waals surface area contributed by atoms with Gasteiger partial charge in [0.15, 0.2) is 0 Å². The summed E-state index contributed by atoms with van der Waals surface area (Å²) in [7, 11) is 0. The molecule has 82 valence electrons. The molecule has 0 heterocycles. The van der Waals surface area contributed by atoms with Crippen LogP contribution in [0.15, 0.2) is 5.16 Å². The lowest BCUT2D eigenvalue weighted by Gasteiger charge is -2.19. The highest BCUT2D eigenvalue weighted by molar-refractivity contribution is 5.82. The molecular weight excluding hydrogens is 178 g/mol. The lowest BCUT2D eigenvalue weighted by molar-refractivity contribution is 0.313. The van der Waals surface area contributed by atoms with Crippen molar-refractivity contribution in [2.24, 2.45) is 22.7 Å². The van der Waals surface area contributed by atoms with Crippen LogP contribution in [0.5, 0.6) is 0 Å². The van der Waals surface area contributed by atoms with E-state index in [0.717, 1.165) is 12.5 Å². The van der Waals surface area contributed by atoms with Crippen molar-refractivity contribution < 1.29 is 5.21 Å². The van der Waals surface area contributed by atoms with Crippen molar-refractivity contribution in [2.75, 3.05) is 6.54 Å². The normalized spacial score (nSPS) is 30.6. The van der Waals surface area contributed by atoms with E-state index in [1.165, 1.54) is 19.3 Å². The number of nitrogens with one attached hydrogen (secondary N) is 1. The van der Waals surface area contributed by atoms with Crippen LogP contribution in [0.4, 0.5) is 0 Å². The van der Waals surface area contributed by atoms with Gasteiger partial charge < -0.3 is 16.3 Å². The molecule has 3 unspecified atom stereocenters. The third-order valence-corrected chi connectivity index (χ3v) is 3.17. The topological polar surface area (TPSA) is 70.6 Å². The molecular formula is C10H21N3O. The Morgan fingerprint density at radius 3 is 2.86 bits per heavy atom. The molecule has 0 amide bonds. The molecule has 1 aliphatic carbocycles. The fourth-order valence-corrected chi connectivity index (χ4v) is 1.98. The van der Waals surface area contributed by atoms with Gasteiger partial charge in [0.2, 0.25) is 0 Å². The van der Waals surface area contributed by atoms with E-state index in [1.807, 2.05) is 6.92 Å². The monoisotopic (exact) mass is 199 g/mol. The van der Waals surface area contributed by atoms with Gasteiger partial charge in [0.05, 0.1) is 0 Å². The molecule has 1 saturated carbocycles. The molecule has 4 N–H and O–H groups in total. The van der Waals surface area contributed by atoms with Gasteiger partial charge in [-0.2, -0.15) is 0 Å². The predicted octanol–water partition coefficient (Wildman–Crippen LogP) is 1.15. The van der Waals surface area contributed by atoms with Gasteiger partial charge in [-0.1, -0.05) is 25.4 Å². The number of nitrogens with zero attached hydrogens (tertiary/aromatic N) is 1. The average Bonchev–Trinajstić information content (AvgIpc) is 2.59. The summed E-state index contributed by atoms with van der Waals surface area (Å²) in [6.07, 6.45) is 3.89. The Balaban J connectivity index is 2.26. The average molecular weight is 199 g/mol. The van der Waals surface area contributed by atoms with E-state index >= 15 is 0 Å². The smallest absolute Gasteiger partial charge is 0.143 e. The molecule has 4 heteroatoms. The molecule has 1 fully saturated rings. The van der Waals surface area contributed by atoms with Crippen molar-refractivity contribution in [3.05, 3.63) is 0 Å². The van der Waals surface area contributed by atoms with E-state index in [9.17, 15) is 0 Å². The molecule has 1 aliphatic rings. The summed E-state index contributed by atoms with van der Waals surface area (Å²) in [6, 6.07) is 0.615. The Hall–Kier alpha value is -0.770. The van der Waals surface area contributed by atoms with Crippen LogP contribution >= 0.6 is 0 Å². The molecule has 0 aromatic carbocycles. The third-order valence-electron chi connectivity index (χ3n) is 3.17. The number of rotatable bonds is 4. The summed E-state index contributed by atoms with van der Waals surface area (Å²) in [5.41, 5.74) is 5.50. The first-order valence-corrected chi connectivity index (χ1v) is 5.36. The van der Waals surface area contributed by atoms with Gasteiger partial charge in [-0.05, 0) is 18.8 Å². The predicted molar refractivity (Wildman–Crippen MR) is 57.4 cm³/mol. The van der Waals surface area contributed by atoms with E-state index < -0.39 is 0 Å². The molecule has 0 aromatic rings. The number of oxime groups is 1. The van der Waals surface area contributed by atoms with Crippen molar-refractivity contribution in [3.8, 4) is 0 Å². The van der Waals surface area contributed by atoms with Crippen molar-refractivity contribution in [3.63, 3.8) is 0 Å². The van der Waals surface area contributed by atoms with Gasteiger partial charge in [0, 0.05) is 18.5 Å². The molecule has 0 radical (unpaired) electrons. The highest BCUT2D eigenvalue weighted by Crippen LogP contribution is 2.24. The van der Waals surface area contributed by atoms with Crippen LogP contribution in [-0.4, -0.2) is 23.6 Å². The van der Waals surface area contributed by atoms with Gasteiger partial charge in [0.25, 0.3) is 0 Å². The van der Waals surface area contributed by atoms with E-state index in [4.69, 9.17) is 10.9 Å². The Labute approximate surface area is 85.6 Å². The number of hydrogen-bond donors (Lipinski definition) is 3. The van der Waals surface area contributed by atoms with Crippen molar-refractivity contribution >= 4 is 5.84 Å². The van der Waals surface area contributed by atoms with E-state index in [-0.39, 0.29) is 5.92 Å². The zero-order chi connectivity index (χ0) is 10.6. The number of amidine groups is 1. The molecule has 14 heavy (non-hydrogen) atoms. The second kappa shape index (κ2) is 5.20. The summed E-state index contributed by atoms with van der Waals surface area (Å²) < 4.78 is 0. The molecule has 1 rings (SSSR count). The van der Waals surface area contributed by atoms with Gasteiger partial charge in [0.1, 0.15) is 5.84 Å². The van der Waals surface area contributed by atoms with Crippen molar-refractivity contribution in [1.82, 2.24) is 5.32 Å². The van der Waals surface area contributed by atoms with Crippen molar-refractivity contribution in [2.45, 2.75) is 39.2 Å². The van der Waals surface area contributed by atoms with E-state index in [2.05, 4.69) is 17.4 Å². The zero-order valence-corrected chi connectivity index (χ0v) is 9.03. The van der Waals surface area contributed by atoms with Gasteiger partial charge in [-0.25, -0.2) is 0 Å². The van der Waals surface area contributed by atoms with Crippen LogP contribution in [0, 0.1) is 11.8 Å². The Bertz CT molecular complexity index is 206. The van der Waals surface area contributed by atoms with E-state index in [0.29, 0.717) is 11.9 Å². The largest absolute Gasteiger partial charge is 0.409 e. The summed E-state index contributed by atoms with van der Waals surface area (Å²) in [6.45, 7) is 5.03. The summed E-state index contributed by atoms with van der Waals surface area (Å²) in [5, 5.41) is 15.0. The summed E-state index contributed by atoms with van der Waals surface area (Å²) in [5.74, 6) is 1.17. The number of nitrogens with two attached hydrogens (primary N) is 1. The van der Waals surface area contributed by atoms with Crippen LogP contribution in [0.25, 0.3) is 0 Å². The molecule has 0 bridgehead atoms. The van der Waals surface area contributed by atoms with Crippen LogP contribution < -0.4 is 11.1 Å². The summed E-state index contributed by atoms with van der Waals surface area (Å²) >= 11 is 0. The minimum atomic E-state index is 0.104. The second-order valence-corrected chi connectivity index (χ2v) is 4.35. The zero-order valence-electron chi connectivity index (χ0n) is 9.03. The van der Waals surface area contributed by atoms with Crippen molar-refractivity contribution in [1.29, 1.82) is 0 Å². The van der Waals surface area contributed by atoms with Gasteiger partial charge >= 0.3 is 0 Å². The lowest BCUT2D eigenvalue weighted by atomic mass is 10.1. The van der Waals surface area contributed by atoms with E-state index in [1.54, 1.807) is 0 Å². The van der Waals surface area contributed by atoms with Gasteiger partial charge in [-0.15, -0.1) is 0 Å². The minimum Gasteiger partial charge on any atom is -0.409 e. The summed E-state index contributed by atoms with van der Waals surface area (Å²) in [4.78, 5) is 0. The fraction of sp³-hybridized carbons (Fsp3) is 0.900. The molecule has 0 saturated heterocycles. The molecule has 0 aliphatic heterocycles. The maximum absolute atomic E-state index is 8.48. The maximum atomic E-state index is 8.48. The molecule has 0 spiro atoms. The Morgan fingerprint density at radius 1 is 1.64 bits per heavy atom. The Morgan fingerprint density at radius 2 is 2.36 bits per heavy atom. The molecule has 3 atom stereocenters. The first kappa shape index (κ1) is 11.3. The second-order valence-electron chi connectivity index (χ2n) is 4.35. The molecule has 4 nitrogen and oxygen atoms in total. The fourth-order valence-electron chi connectivity index (χ4n) is 1.98. The maximum Gasteiger partial charge on any atom is 0.143 e. The highest BCUT2D eigenvalue weighted by atomic mass is 16.4. The minimum absolute atomic E-state index is 0.104. The first-order chi connectivity index (χ1) is 6.65. The first-order valence-electron chi connectivity index (χ1n) is 5.36. The van der Waals surface area contributed by atoms with Crippen LogP contribution in [0.1, 0.15) is 33.1 Å². The van der Waals surface area contributed by atoms with Crippen LogP contribution in [0.3, 0.4) is 0 Å². The van der Waals surface area contributed by atoms with Crippen LogP contribution in [-0.2, 0) is 0 Å². The standard InChI is InChI=1S/C10H21N3O/c1-7-4-3-5-9(7)12-6-8(2)10(11)13-14/h7-9,12,14H,3-6H2,1-2H3,(H2,11,13). The molecule has 0 aromatic heterocycles. The van der Waals surface area contributed by atoms with Crippen LogP contribution in [0.2, 0.25) is 0 Å². The SMILES string of the molecule is CC(CNC1CCCC1C)C(N)=NO. The Kier molecular flexibility index (Phi) is 4.20. The number of hydrogen-bond acceptors (Lipinski definition) is 3. The van der Waals surface area contributed by atoms with Gasteiger partial charge in [-0.3, -0.25) is 0 Å². The highest BCUT2D eigenvalue weighted by Gasteiger charge is 2.23.